The molecule has 18 heavy (non-hydrogen) atoms. The van der Waals surface area contributed by atoms with E-state index >= 15 is 0 Å². The van der Waals surface area contributed by atoms with Gasteiger partial charge in [-0.1, -0.05) is 18.2 Å². The Hall–Kier alpha value is -1.61. The molecule has 0 aliphatic carbocycles. The Balaban J connectivity index is 2.64. The average molecular weight is 248 g/mol. The number of hydrogen-bond acceptors (Lipinski definition) is 3. The fraction of sp³-hybridized carbons (Fsp3) is 0.400. The number of carbonyl (C=O) groups excluding carboxylic acids is 1. The summed E-state index contributed by atoms with van der Waals surface area (Å²) in [5.74, 6) is -0.508. The van der Waals surface area contributed by atoms with Gasteiger partial charge in [-0.2, -0.15) is 4.89 Å². The van der Waals surface area contributed by atoms with Gasteiger partial charge >= 0.3 is 5.97 Å². The molecule has 0 saturated heterocycles. The van der Waals surface area contributed by atoms with Crippen LogP contribution in [0.1, 0.15) is 37.5 Å². The van der Waals surface area contributed by atoms with E-state index < -0.39 is 11.6 Å². The predicted octanol–water partition coefficient (Wildman–Crippen LogP) is 3.59. The van der Waals surface area contributed by atoms with Crippen molar-refractivity contribution < 1.29 is 14.6 Å². The lowest BCUT2D eigenvalue weighted by molar-refractivity contribution is -0.316. The summed E-state index contributed by atoms with van der Waals surface area (Å²) >= 11 is 0. The first-order valence-corrected chi connectivity index (χ1v) is 5.93. The molecule has 0 unspecified atom stereocenters. The fourth-order valence-corrected chi connectivity index (χ4v) is 1.31. The van der Waals surface area contributed by atoms with E-state index in [0.717, 1.165) is 11.1 Å². The third-order valence-corrected chi connectivity index (χ3v) is 2.42. The fourth-order valence-electron chi connectivity index (χ4n) is 1.31. The van der Waals surface area contributed by atoms with Crippen LogP contribution in [0.15, 0.2) is 24.3 Å². The van der Waals surface area contributed by atoms with E-state index in [9.17, 15) is 4.79 Å². The van der Waals surface area contributed by atoms with Crippen LogP contribution in [0.25, 0.3) is 6.08 Å². The summed E-state index contributed by atoms with van der Waals surface area (Å²) < 4.78 is 0. The van der Waals surface area contributed by atoms with Crippen LogP contribution in [0.2, 0.25) is 0 Å². The number of hydrogen-bond donors (Lipinski definition) is 0. The monoisotopic (exact) mass is 248 g/mol. The van der Waals surface area contributed by atoms with Crippen molar-refractivity contribution in [2.45, 2.75) is 40.2 Å². The van der Waals surface area contributed by atoms with Crippen molar-refractivity contribution in [2.75, 3.05) is 0 Å². The minimum absolute atomic E-state index is 0.497. The van der Waals surface area contributed by atoms with Gasteiger partial charge in [0, 0.05) is 6.08 Å². The molecule has 1 aromatic rings. The number of aryl methyl sites for hydroxylation is 1. The highest BCUT2D eigenvalue weighted by Crippen LogP contribution is 2.14. The van der Waals surface area contributed by atoms with Crippen LogP contribution in [0.5, 0.6) is 0 Å². The molecule has 0 fully saturated rings. The van der Waals surface area contributed by atoms with Gasteiger partial charge in [-0.3, -0.25) is 4.89 Å². The molecule has 1 rings (SSSR count). The van der Waals surface area contributed by atoms with Gasteiger partial charge in [0.25, 0.3) is 0 Å². The van der Waals surface area contributed by atoms with Gasteiger partial charge in [-0.15, -0.1) is 0 Å². The Morgan fingerprint density at radius 3 is 2.50 bits per heavy atom. The summed E-state index contributed by atoms with van der Waals surface area (Å²) in [6.45, 7) is 9.50. The van der Waals surface area contributed by atoms with E-state index in [4.69, 9.17) is 4.89 Å². The second kappa shape index (κ2) is 5.83. The molecule has 0 atom stereocenters. The van der Waals surface area contributed by atoms with Gasteiger partial charge < -0.3 is 0 Å². The van der Waals surface area contributed by atoms with Crippen LogP contribution in [0.3, 0.4) is 0 Å². The van der Waals surface area contributed by atoms with Crippen molar-refractivity contribution in [1.82, 2.24) is 0 Å². The summed E-state index contributed by atoms with van der Waals surface area (Å²) in [5, 5.41) is 0. The zero-order valence-corrected chi connectivity index (χ0v) is 11.6. The van der Waals surface area contributed by atoms with E-state index in [1.807, 2.05) is 52.8 Å². The Morgan fingerprint density at radius 1 is 1.22 bits per heavy atom. The molecule has 3 heteroatoms. The lowest BCUT2D eigenvalue weighted by atomic mass is 10.0. The first kappa shape index (κ1) is 14.5. The van der Waals surface area contributed by atoms with Gasteiger partial charge in [0.15, 0.2) is 0 Å². The molecule has 0 bridgehead atoms. The van der Waals surface area contributed by atoms with Crippen LogP contribution in [0.4, 0.5) is 0 Å². The summed E-state index contributed by atoms with van der Waals surface area (Å²) in [6.07, 6.45) is 3.10. The standard InChI is InChI=1S/C15H20O3/c1-11-7-6-8-13(12(11)2)9-10-14(16)17-18-15(3,4)5/h6-10H,1-5H3/b10-9+. The highest BCUT2D eigenvalue weighted by molar-refractivity contribution is 5.86. The summed E-state index contributed by atoms with van der Waals surface area (Å²) in [7, 11) is 0. The highest BCUT2D eigenvalue weighted by Gasteiger charge is 2.13. The van der Waals surface area contributed by atoms with Crippen LogP contribution >= 0.6 is 0 Å². The van der Waals surface area contributed by atoms with Gasteiger partial charge in [0.2, 0.25) is 0 Å². The quantitative estimate of drug-likeness (QED) is 0.466. The van der Waals surface area contributed by atoms with Crippen molar-refractivity contribution in [3.05, 3.63) is 41.0 Å². The Labute approximate surface area is 108 Å². The smallest absolute Gasteiger partial charge is 0.293 e. The van der Waals surface area contributed by atoms with E-state index in [0.29, 0.717) is 0 Å². The molecule has 98 valence electrons. The topological polar surface area (TPSA) is 35.5 Å². The normalized spacial score (nSPS) is 11.8. The molecule has 0 heterocycles. The zero-order chi connectivity index (χ0) is 13.8. The minimum atomic E-state index is -0.508. The van der Waals surface area contributed by atoms with Crippen LogP contribution in [-0.4, -0.2) is 11.6 Å². The number of carbonyl (C=O) groups is 1. The molecule has 1 aromatic carbocycles. The summed E-state index contributed by atoms with van der Waals surface area (Å²) in [6, 6.07) is 5.95. The molecular weight excluding hydrogens is 228 g/mol. The van der Waals surface area contributed by atoms with Crippen molar-refractivity contribution >= 4 is 12.0 Å². The number of rotatable bonds is 3. The predicted molar refractivity (Wildman–Crippen MR) is 71.9 cm³/mol. The Bertz CT molecular complexity index is 453. The van der Waals surface area contributed by atoms with Crippen molar-refractivity contribution in [3.8, 4) is 0 Å². The Morgan fingerprint density at radius 2 is 1.89 bits per heavy atom. The van der Waals surface area contributed by atoms with E-state index in [2.05, 4.69) is 4.89 Å². The molecular formula is C15H20O3. The molecule has 0 aromatic heterocycles. The van der Waals surface area contributed by atoms with Gasteiger partial charge in [-0.05, 0) is 57.4 Å². The van der Waals surface area contributed by atoms with Gasteiger partial charge in [0.1, 0.15) is 5.60 Å². The number of benzene rings is 1. The van der Waals surface area contributed by atoms with Crippen molar-refractivity contribution in [1.29, 1.82) is 0 Å². The van der Waals surface area contributed by atoms with E-state index in [1.165, 1.54) is 11.6 Å². The lowest BCUT2D eigenvalue weighted by Crippen LogP contribution is -2.21. The maximum Gasteiger partial charge on any atom is 0.365 e. The molecule has 0 spiro atoms. The molecule has 0 saturated carbocycles. The Kier molecular flexibility index (Phi) is 4.68. The van der Waals surface area contributed by atoms with Crippen molar-refractivity contribution in [3.63, 3.8) is 0 Å². The average Bonchev–Trinajstić information content (AvgIpc) is 2.27. The maximum atomic E-state index is 11.4. The van der Waals surface area contributed by atoms with Crippen molar-refractivity contribution in [2.24, 2.45) is 0 Å². The van der Waals surface area contributed by atoms with Crippen LogP contribution < -0.4 is 0 Å². The second-order valence-electron chi connectivity index (χ2n) is 5.22. The second-order valence-corrected chi connectivity index (χ2v) is 5.22. The molecule has 0 aliphatic heterocycles. The maximum absolute atomic E-state index is 11.4. The largest absolute Gasteiger partial charge is 0.365 e. The molecule has 0 aliphatic rings. The van der Waals surface area contributed by atoms with Gasteiger partial charge in [0.05, 0.1) is 0 Å². The minimum Gasteiger partial charge on any atom is -0.293 e. The highest BCUT2D eigenvalue weighted by atomic mass is 17.2. The van der Waals surface area contributed by atoms with E-state index in [1.54, 1.807) is 6.08 Å². The van der Waals surface area contributed by atoms with Gasteiger partial charge in [-0.25, -0.2) is 4.79 Å². The van der Waals surface area contributed by atoms with E-state index in [-0.39, 0.29) is 0 Å². The van der Waals surface area contributed by atoms with Crippen LogP contribution in [-0.2, 0) is 14.6 Å². The SMILES string of the molecule is Cc1cccc(/C=C/C(=O)OOC(C)(C)C)c1C. The van der Waals surface area contributed by atoms with Crippen LogP contribution in [0, 0.1) is 13.8 Å². The summed E-state index contributed by atoms with van der Waals surface area (Å²) in [5.41, 5.74) is 2.85. The molecule has 0 amide bonds. The molecule has 3 nitrogen and oxygen atoms in total. The third-order valence-electron chi connectivity index (χ3n) is 2.42. The first-order valence-electron chi connectivity index (χ1n) is 5.93. The lowest BCUT2D eigenvalue weighted by Gasteiger charge is -2.15. The molecule has 0 radical (unpaired) electrons. The first-order chi connectivity index (χ1) is 8.29. The summed E-state index contributed by atoms with van der Waals surface area (Å²) in [4.78, 5) is 21.0. The zero-order valence-electron chi connectivity index (χ0n) is 11.6. The third kappa shape index (κ3) is 4.72. The molecule has 0 N–H and O–H groups in total.